The Hall–Kier alpha value is -1.59. The number of fused-ring (bicyclic) bond motifs is 1. The zero-order valence-electron chi connectivity index (χ0n) is 15.9. The van der Waals surface area contributed by atoms with Crippen LogP contribution in [0.25, 0.3) is 0 Å². The summed E-state index contributed by atoms with van der Waals surface area (Å²) in [6.45, 7) is 5.22. The first-order chi connectivity index (χ1) is 12.7. The Morgan fingerprint density at radius 2 is 2.00 bits per heavy atom. The van der Waals surface area contributed by atoms with Gasteiger partial charge in [-0.25, -0.2) is 0 Å². The Morgan fingerprint density at radius 3 is 2.77 bits per heavy atom. The van der Waals surface area contributed by atoms with Crippen LogP contribution in [0.1, 0.15) is 42.9 Å². The van der Waals surface area contributed by atoms with Crippen LogP contribution in [0.15, 0.2) is 18.2 Å². The van der Waals surface area contributed by atoms with Crippen molar-refractivity contribution in [2.45, 2.75) is 38.1 Å². The summed E-state index contributed by atoms with van der Waals surface area (Å²) in [6, 6.07) is 7.10. The van der Waals surface area contributed by atoms with E-state index in [0.717, 1.165) is 52.1 Å². The molecular formula is C21H31N3O2. The number of carbonyl (C=O) groups excluding carboxylic acids is 1. The fourth-order valence-electron chi connectivity index (χ4n) is 4.67. The van der Waals surface area contributed by atoms with Gasteiger partial charge < -0.3 is 15.0 Å². The van der Waals surface area contributed by atoms with Crippen molar-refractivity contribution in [3.8, 4) is 0 Å². The summed E-state index contributed by atoms with van der Waals surface area (Å²) < 4.78 is 5.55. The molecule has 0 unspecified atom stereocenters. The molecule has 3 aliphatic rings. The number of ether oxygens (including phenoxy) is 1. The Labute approximate surface area is 156 Å². The Morgan fingerprint density at radius 1 is 1.23 bits per heavy atom. The zero-order valence-corrected chi connectivity index (χ0v) is 15.9. The van der Waals surface area contributed by atoms with Crippen LogP contribution in [0.4, 0.5) is 5.69 Å². The highest BCUT2D eigenvalue weighted by molar-refractivity contribution is 5.78. The number of anilines is 1. The molecule has 1 aromatic carbocycles. The van der Waals surface area contributed by atoms with E-state index in [1.54, 1.807) is 0 Å². The second-order valence-electron chi connectivity index (χ2n) is 7.95. The molecule has 0 spiro atoms. The third-order valence-corrected chi connectivity index (χ3v) is 6.30. The number of nitrogens with one attached hydrogen (secondary N) is 1. The van der Waals surface area contributed by atoms with E-state index in [1.807, 2.05) is 0 Å². The van der Waals surface area contributed by atoms with Gasteiger partial charge in [-0.3, -0.25) is 9.69 Å². The Balaban J connectivity index is 1.50. The molecule has 26 heavy (non-hydrogen) atoms. The van der Waals surface area contributed by atoms with Crippen molar-refractivity contribution in [3.05, 3.63) is 29.3 Å². The van der Waals surface area contributed by atoms with E-state index in [4.69, 9.17) is 4.74 Å². The van der Waals surface area contributed by atoms with E-state index in [9.17, 15) is 4.79 Å². The van der Waals surface area contributed by atoms with Crippen LogP contribution in [0.3, 0.4) is 0 Å². The molecule has 1 saturated heterocycles. The highest BCUT2D eigenvalue weighted by atomic mass is 16.5. The number of hydrogen-bond acceptors (Lipinski definition) is 4. The predicted molar refractivity (Wildman–Crippen MR) is 104 cm³/mol. The maximum absolute atomic E-state index is 12.5. The third kappa shape index (κ3) is 3.74. The topological polar surface area (TPSA) is 44.8 Å². The van der Waals surface area contributed by atoms with Gasteiger partial charge in [0, 0.05) is 44.8 Å². The molecule has 1 aromatic rings. The van der Waals surface area contributed by atoms with E-state index in [0.29, 0.717) is 6.54 Å². The standard InChI is InChI=1S/C21H31N3O2/c1-23-9-8-18-14-17(6-7-19(18)23)20(24-10-12-26-13-11-24)15-22-21(25)16-4-2-3-5-16/h6-7,14,16,20H,2-5,8-13,15H2,1H3,(H,22,25)/t20-/m1/s1. The quantitative estimate of drug-likeness (QED) is 0.879. The largest absolute Gasteiger partial charge is 0.379 e. The van der Waals surface area contributed by atoms with Crippen LogP contribution < -0.4 is 10.2 Å². The maximum Gasteiger partial charge on any atom is 0.223 e. The van der Waals surface area contributed by atoms with Crippen molar-refractivity contribution in [2.75, 3.05) is 51.3 Å². The Kier molecular flexibility index (Phi) is 5.46. The van der Waals surface area contributed by atoms with Crippen molar-refractivity contribution in [3.63, 3.8) is 0 Å². The van der Waals surface area contributed by atoms with Gasteiger partial charge in [-0.05, 0) is 36.5 Å². The SMILES string of the molecule is CN1CCc2cc([C@@H](CNC(=O)C3CCCC3)N3CCOCC3)ccc21. The van der Waals surface area contributed by atoms with Crippen LogP contribution in [0.2, 0.25) is 0 Å². The molecule has 0 radical (unpaired) electrons. The van der Waals surface area contributed by atoms with E-state index in [1.165, 1.54) is 29.7 Å². The number of amides is 1. The molecule has 0 aromatic heterocycles. The number of morpholine rings is 1. The lowest BCUT2D eigenvalue weighted by Gasteiger charge is -2.35. The molecule has 5 heteroatoms. The molecule has 142 valence electrons. The number of nitrogens with zero attached hydrogens (tertiary/aromatic N) is 2. The monoisotopic (exact) mass is 357 g/mol. The molecule has 2 heterocycles. The lowest BCUT2D eigenvalue weighted by molar-refractivity contribution is -0.125. The molecule has 1 saturated carbocycles. The van der Waals surface area contributed by atoms with Gasteiger partial charge in [0.15, 0.2) is 0 Å². The third-order valence-electron chi connectivity index (χ3n) is 6.30. The van der Waals surface area contributed by atoms with Crippen LogP contribution >= 0.6 is 0 Å². The van der Waals surface area contributed by atoms with E-state index < -0.39 is 0 Å². The Bertz CT molecular complexity index is 636. The van der Waals surface area contributed by atoms with Crippen molar-refractivity contribution in [2.24, 2.45) is 5.92 Å². The molecule has 2 aliphatic heterocycles. The van der Waals surface area contributed by atoms with Gasteiger partial charge in [-0.15, -0.1) is 0 Å². The fraction of sp³-hybridized carbons (Fsp3) is 0.667. The average molecular weight is 357 g/mol. The van der Waals surface area contributed by atoms with Gasteiger partial charge >= 0.3 is 0 Å². The van der Waals surface area contributed by atoms with Crippen molar-refractivity contribution < 1.29 is 9.53 Å². The number of likely N-dealkylation sites (N-methyl/N-ethyl adjacent to an activating group) is 1. The number of hydrogen-bond donors (Lipinski definition) is 1. The first-order valence-electron chi connectivity index (χ1n) is 10.2. The van der Waals surface area contributed by atoms with Gasteiger partial charge in [0.05, 0.1) is 19.3 Å². The lowest BCUT2D eigenvalue weighted by Crippen LogP contribution is -2.44. The summed E-state index contributed by atoms with van der Waals surface area (Å²) in [5, 5.41) is 3.27. The molecule has 2 fully saturated rings. The predicted octanol–water partition coefficient (Wildman–Crippen LogP) is 2.36. The average Bonchev–Trinajstić information content (AvgIpc) is 3.33. The zero-order chi connectivity index (χ0) is 17.9. The molecule has 1 amide bonds. The molecular weight excluding hydrogens is 326 g/mol. The van der Waals surface area contributed by atoms with Gasteiger partial charge in [0.1, 0.15) is 0 Å². The molecule has 4 rings (SSSR count). The summed E-state index contributed by atoms with van der Waals surface area (Å²) in [6.07, 6.45) is 5.62. The minimum Gasteiger partial charge on any atom is -0.379 e. The van der Waals surface area contributed by atoms with E-state index in [-0.39, 0.29) is 17.9 Å². The molecule has 1 N–H and O–H groups in total. The van der Waals surface area contributed by atoms with Gasteiger partial charge in [0.2, 0.25) is 5.91 Å². The van der Waals surface area contributed by atoms with Gasteiger partial charge in [0.25, 0.3) is 0 Å². The second kappa shape index (κ2) is 7.97. The van der Waals surface area contributed by atoms with Crippen molar-refractivity contribution in [1.29, 1.82) is 0 Å². The molecule has 1 aliphatic carbocycles. The van der Waals surface area contributed by atoms with Crippen LogP contribution in [-0.2, 0) is 16.0 Å². The van der Waals surface area contributed by atoms with Crippen LogP contribution in [-0.4, -0.2) is 57.2 Å². The lowest BCUT2D eigenvalue weighted by atomic mass is 10.00. The van der Waals surface area contributed by atoms with Crippen molar-refractivity contribution >= 4 is 11.6 Å². The first-order valence-corrected chi connectivity index (χ1v) is 10.2. The number of rotatable bonds is 5. The number of carbonyl (C=O) groups is 1. The maximum atomic E-state index is 12.5. The highest BCUT2D eigenvalue weighted by Gasteiger charge is 2.27. The number of benzene rings is 1. The first kappa shape index (κ1) is 17.8. The van der Waals surface area contributed by atoms with Crippen LogP contribution in [0.5, 0.6) is 0 Å². The second-order valence-corrected chi connectivity index (χ2v) is 7.95. The van der Waals surface area contributed by atoms with Crippen LogP contribution in [0, 0.1) is 5.92 Å². The smallest absolute Gasteiger partial charge is 0.223 e. The molecule has 1 atom stereocenters. The summed E-state index contributed by atoms with van der Waals surface area (Å²) in [5.41, 5.74) is 4.11. The summed E-state index contributed by atoms with van der Waals surface area (Å²) >= 11 is 0. The summed E-state index contributed by atoms with van der Waals surface area (Å²) in [4.78, 5) is 17.3. The fourth-order valence-corrected chi connectivity index (χ4v) is 4.67. The van der Waals surface area contributed by atoms with E-state index in [2.05, 4.69) is 40.4 Å². The summed E-state index contributed by atoms with van der Waals surface area (Å²) in [7, 11) is 2.16. The molecule has 5 nitrogen and oxygen atoms in total. The minimum atomic E-state index is 0.231. The van der Waals surface area contributed by atoms with Crippen molar-refractivity contribution in [1.82, 2.24) is 10.2 Å². The normalized spacial score (nSPS) is 22.4. The van der Waals surface area contributed by atoms with Gasteiger partial charge in [-0.1, -0.05) is 25.0 Å². The summed E-state index contributed by atoms with van der Waals surface area (Å²) in [5.74, 6) is 0.482. The van der Waals surface area contributed by atoms with E-state index >= 15 is 0 Å². The van der Waals surface area contributed by atoms with Gasteiger partial charge in [-0.2, -0.15) is 0 Å². The highest BCUT2D eigenvalue weighted by Crippen LogP contribution is 2.31. The molecule has 0 bridgehead atoms. The minimum absolute atomic E-state index is 0.231.